The summed E-state index contributed by atoms with van der Waals surface area (Å²) in [5.41, 5.74) is 0. The first-order valence-electron chi connectivity index (χ1n) is 28.8. The Morgan fingerprint density at radius 2 is 0.547 bits per heavy atom. The number of ether oxygens (including phenoxy) is 3. The maximum absolute atomic E-state index is 12.8. The minimum Gasteiger partial charge on any atom is -0.462 e. The first kappa shape index (κ1) is 62.4. The van der Waals surface area contributed by atoms with E-state index in [1.165, 1.54) is 212 Å². The molecule has 0 saturated heterocycles. The summed E-state index contributed by atoms with van der Waals surface area (Å²) in [4.78, 5) is 38.0. The van der Waals surface area contributed by atoms with E-state index in [1.807, 2.05) is 0 Å². The zero-order valence-corrected chi connectivity index (χ0v) is 43.9. The Morgan fingerprint density at radius 3 is 0.812 bits per heavy atom. The fraction of sp³-hybridized carbons (Fsp3) is 0.948. The number of carbonyl (C=O) groups is 3. The average molecular weight is 906 g/mol. The minimum absolute atomic E-state index is 0.0630. The molecule has 2 unspecified atom stereocenters. The summed E-state index contributed by atoms with van der Waals surface area (Å²) in [7, 11) is 0. The lowest BCUT2D eigenvalue weighted by Gasteiger charge is -2.18. The highest BCUT2D eigenvalue weighted by Gasteiger charge is 2.19. The molecule has 0 amide bonds. The SMILES string of the molecule is CCCCCCCCCCCCC(=O)O[C@H](COC(=O)CCCCCCCCCCCCCCCCCCCCC(C)CC)COC(=O)CCCCCCCCCCCCC(C)CC. The third kappa shape index (κ3) is 48.3. The van der Waals surface area contributed by atoms with E-state index in [2.05, 4.69) is 34.6 Å². The van der Waals surface area contributed by atoms with E-state index in [-0.39, 0.29) is 31.1 Å². The Balaban J connectivity index is 4.18. The molecular weight excluding hydrogens is 793 g/mol. The van der Waals surface area contributed by atoms with E-state index in [4.69, 9.17) is 14.2 Å². The highest BCUT2D eigenvalue weighted by molar-refractivity contribution is 5.71. The van der Waals surface area contributed by atoms with Gasteiger partial charge < -0.3 is 14.2 Å². The van der Waals surface area contributed by atoms with Gasteiger partial charge in [0.25, 0.3) is 0 Å². The Kier molecular flexibility index (Phi) is 49.6. The monoisotopic (exact) mass is 905 g/mol. The van der Waals surface area contributed by atoms with Crippen molar-refractivity contribution >= 4 is 17.9 Å². The van der Waals surface area contributed by atoms with Crippen LogP contribution < -0.4 is 0 Å². The molecule has 0 heterocycles. The molecule has 0 saturated carbocycles. The molecule has 0 radical (unpaired) electrons. The highest BCUT2D eigenvalue weighted by Crippen LogP contribution is 2.19. The van der Waals surface area contributed by atoms with Crippen molar-refractivity contribution in [2.75, 3.05) is 13.2 Å². The topological polar surface area (TPSA) is 78.9 Å². The van der Waals surface area contributed by atoms with Gasteiger partial charge in [-0.05, 0) is 31.1 Å². The van der Waals surface area contributed by atoms with Gasteiger partial charge in [0, 0.05) is 19.3 Å². The van der Waals surface area contributed by atoms with Crippen molar-refractivity contribution in [3.8, 4) is 0 Å². The van der Waals surface area contributed by atoms with Crippen molar-refractivity contribution in [1.29, 1.82) is 0 Å². The first-order chi connectivity index (χ1) is 31.3. The zero-order chi connectivity index (χ0) is 46.8. The van der Waals surface area contributed by atoms with Crippen LogP contribution in [0.3, 0.4) is 0 Å². The molecule has 380 valence electrons. The predicted octanol–water partition coefficient (Wildman–Crippen LogP) is 18.9. The fourth-order valence-corrected chi connectivity index (χ4v) is 8.81. The number of esters is 3. The number of hydrogen-bond acceptors (Lipinski definition) is 6. The molecule has 0 bridgehead atoms. The second-order valence-electron chi connectivity index (χ2n) is 20.4. The second-order valence-corrected chi connectivity index (χ2v) is 20.4. The van der Waals surface area contributed by atoms with Gasteiger partial charge in [-0.1, -0.05) is 285 Å². The van der Waals surface area contributed by atoms with E-state index in [9.17, 15) is 14.4 Å². The quantitative estimate of drug-likeness (QED) is 0.0344. The van der Waals surface area contributed by atoms with Gasteiger partial charge in [0.1, 0.15) is 13.2 Å². The smallest absolute Gasteiger partial charge is 0.306 e. The largest absolute Gasteiger partial charge is 0.462 e. The van der Waals surface area contributed by atoms with Crippen LogP contribution in [0.2, 0.25) is 0 Å². The highest BCUT2D eigenvalue weighted by atomic mass is 16.6. The van der Waals surface area contributed by atoms with Crippen LogP contribution in [-0.4, -0.2) is 37.2 Å². The van der Waals surface area contributed by atoms with Crippen molar-refractivity contribution in [3.63, 3.8) is 0 Å². The van der Waals surface area contributed by atoms with Gasteiger partial charge in [-0.25, -0.2) is 0 Å². The van der Waals surface area contributed by atoms with Crippen molar-refractivity contribution in [3.05, 3.63) is 0 Å². The molecular formula is C58H112O6. The van der Waals surface area contributed by atoms with Crippen LogP contribution in [0.25, 0.3) is 0 Å². The van der Waals surface area contributed by atoms with Crippen molar-refractivity contribution in [1.82, 2.24) is 0 Å². The van der Waals surface area contributed by atoms with Crippen LogP contribution in [0.4, 0.5) is 0 Å². The first-order valence-corrected chi connectivity index (χ1v) is 28.8. The van der Waals surface area contributed by atoms with Crippen LogP contribution in [0.5, 0.6) is 0 Å². The van der Waals surface area contributed by atoms with Crippen LogP contribution in [-0.2, 0) is 28.6 Å². The van der Waals surface area contributed by atoms with Crippen molar-refractivity contribution in [2.45, 2.75) is 330 Å². The van der Waals surface area contributed by atoms with Crippen LogP contribution in [0.15, 0.2) is 0 Å². The molecule has 0 aliphatic heterocycles. The molecule has 0 aromatic rings. The molecule has 0 aliphatic rings. The molecule has 0 aromatic heterocycles. The zero-order valence-electron chi connectivity index (χ0n) is 43.9. The van der Waals surface area contributed by atoms with Gasteiger partial charge in [0.15, 0.2) is 6.10 Å². The molecule has 0 aliphatic carbocycles. The van der Waals surface area contributed by atoms with Gasteiger partial charge >= 0.3 is 17.9 Å². The Morgan fingerprint density at radius 1 is 0.312 bits per heavy atom. The third-order valence-electron chi connectivity index (χ3n) is 13.9. The Labute approximate surface area is 399 Å². The number of unbranched alkanes of at least 4 members (excludes halogenated alkanes) is 35. The number of rotatable bonds is 52. The standard InChI is InChI=1S/C58H112O6/c1-6-9-10-11-12-13-28-35-40-45-50-58(61)64-55(52-63-57(60)49-44-39-34-30-25-24-27-32-37-42-47-54(5)8-3)51-62-56(59)48-43-38-33-29-23-21-19-17-15-14-16-18-20-22-26-31-36-41-46-53(4)7-2/h53-55H,6-52H2,1-5H3/t53?,54?,55-/m1/s1. The van der Waals surface area contributed by atoms with Crippen LogP contribution in [0, 0.1) is 11.8 Å². The summed E-state index contributed by atoms with van der Waals surface area (Å²) < 4.78 is 16.8. The lowest BCUT2D eigenvalue weighted by atomic mass is 9.99. The minimum atomic E-state index is -0.762. The van der Waals surface area contributed by atoms with Crippen molar-refractivity contribution < 1.29 is 28.6 Å². The van der Waals surface area contributed by atoms with Crippen LogP contribution >= 0.6 is 0 Å². The molecule has 64 heavy (non-hydrogen) atoms. The lowest BCUT2D eigenvalue weighted by Crippen LogP contribution is -2.30. The van der Waals surface area contributed by atoms with E-state index >= 15 is 0 Å². The van der Waals surface area contributed by atoms with Gasteiger partial charge in [-0.15, -0.1) is 0 Å². The van der Waals surface area contributed by atoms with E-state index in [0.717, 1.165) is 69.6 Å². The molecule has 6 heteroatoms. The molecule has 0 fully saturated rings. The number of hydrogen-bond donors (Lipinski definition) is 0. The second kappa shape index (κ2) is 50.8. The van der Waals surface area contributed by atoms with Gasteiger partial charge in [0.05, 0.1) is 0 Å². The number of carbonyl (C=O) groups excluding carboxylic acids is 3. The summed E-state index contributed by atoms with van der Waals surface area (Å²) in [5, 5.41) is 0. The molecule has 0 aromatic carbocycles. The molecule has 6 nitrogen and oxygen atoms in total. The molecule has 0 spiro atoms. The van der Waals surface area contributed by atoms with E-state index in [1.54, 1.807) is 0 Å². The summed E-state index contributed by atoms with van der Waals surface area (Å²) in [6, 6.07) is 0. The van der Waals surface area contributed by atoms with E-state index in [0.29, 0.717) is 19.3 Å². The Bertz CT molecular complexity index is 982. The lowest BCUT2D eigenvalue weighted by molar-refractivity contribution is -0.167. The van der Waals surface area contributed by atoms with Gasteiger partial charge in [-0.3, -0.25) is 14.4 Å². The maximum Gasteiger partial charge on any atom is 0.306 e. The molecule has 3 atom stereocenters. The van der Waals surface area contributed by atoms with Gasteiger partial charge in [-0.2, -0.15) is 0 Å². The molecule has 0 rings (SSSR count). The summed E-state index contributed by atoms with van der Waals surface area (Å²) in [6.45, 7) is 11.5. The fourth-order valence-electron chi connectivity index (χ4n) is 8.81. The predicted molar refractivity (Wildman–Crippen MR) is 275 cm³/mol. The maximum atomic E-state index is 12.8. The van der Waals surface area contributed by atoms with Gasteiger partial charge in [0.2, 0.25) is 0 Å². The average Bonchev–Trinajstić information content (AvgIpc) is 3.29. The Hall–Kier alpha value is -1.59. The van der Waals surface area contributed by atoms with Crippen LogP contribution in [0.1, 0.15) is 324 Å². The van der Waals surface area contributed by atoms with E-state index < -0.39 is 6.10 Å². The summed E-state index contributed by atoms with van der Waals surface area (Å²) in [5.74, 6) is 0.937. The summed E-state index contributed by atoms with van der Waals surface area (Å²) >= 11 is 0. The normalized spacial score (nSPS) is 12.9. The molecule has 0 N–H and O–H groups in total. The van der Waals surface area contributed by atoms with Crippen molar-refractivity contribution in [2.24, 2.45) is 11.8 Å². The third-order valence-corrected chi connectivity index (χ3v) is 13.9. The summed E-state index contributed by atoms with van der Waals surface area (Å²) in [6.07, 6.45) is 53.7.